The second-order valence-corrected chi connectivity index (χ2v) is 6.02. The smallest absolute Gasteiger partial charge is 0.236 e. The highest BCUT2D eigenvalue weighted by atomic mass is 19.1. The van der Waals surface area contributed by atoms with Gasteiger partial charge in [-0.2, -0.15) is 5.10 Å². The van der Waals surface area contributed by atoms with Gasteiger partial charge in [0.25, 0.3) is 0 Å². The van der Waals surface area contributed by atoms with E-state index in [-0.39, 0.29) is 11.7 Å². The van der Waals surface area contributed by atoms with Crippen molar-refractivity contribution in [3.63, 3.8) is 0 Å². The Kier molecular flexibility index (Phi) is 3.56. The number of carbonyl (C=O) groups excluding carboxylic acids is 1. The number of benzene rings is 1. The van der Waals surface area contributed by atoms with Crippen LogP contribution >= 0.6 is 0 Å². The van der Waals surface area contributed by atoms with Gasteiger partial charge in [0, 0.05) is 23.9 Å². The number of nitrogens with one attached hydrogen (secondary N) is 1. The van der Waals surface area contributed by atoms with Crippen LogP contribution < -0.4 is 5.32 Å². The molecule has 1 fully saturated rings. The molecule has 126 valence electrons. The molecule has 5 nitrogen and oxygen atoms in total. The van der Waals surface area contributed by atoms with Gasteiger partial charge >= 0.3 is 0 Å². The molecule has 1 aliphatic carbocycles. The topological polar surface area (TPSA) is 59.8 Å². The van der Waals surface area contributed by atoms with Gasteiger partial charge in [0.1, 0.15) is 11.6 Å². The van der Waals surface area contributed by atoms with E-state index in [0.29, 0.717) is 29.9 Å². The van der Waals surface area contributed by atoms with Gasteiger partial charge in [-0.3, -0.25) is 9.78 Å². The summed E-state index contributed by atoms with van der Waals surface area (Å²) in [5.41, 5.74) is 0.00668. The van der Waals surface area contributed by atoms with Gasteiger partial charge in [0.2, 0.25) is 5.91 Å². The Bertz CT molecular complexity index is 950. The average molecular weight is 340 g/mol. The first-order valence-electron chi connectivity index (χ1n) is 7.82. The van der Waals surface area contributed by atoms with Crippen LogP contribution in [0.2, 0.25) is 0 Å². The van der Waals surface area contributed by atoms with E-state index in [2.05, 4.69) is 15.4 Å². The lowest BCUT2D eigenvalue weighted by molar-refractivity contribution is -0.118. The van der Waals surface area contributed by atoms with E-state index in [1.807, 2.05) is 0 Å². The summed E-state index contributed by atoms with van der Waals surface area (Å²) in [5, 5.41) is 6.93. The van der Waals surface area contributed by atoms with Gasteiger partial charge in [-0.15, -0.1) is 0 Å². The van der Waals surface area contributed by atoms with E-state index in [4.69, 9.17) is 0 Å². The molecule has 7 heteroatoms. The number of aromatic nitrogens is 3. The molecule has 3 aromatic rings. The molecule has 2 heterocycles. The van der Waals surface area contributed by atoms with Crippen LogP contribution in [-0.2, 0) is 10.2 Å². The van der Waals surface area contributed by atoms with Gasteiger partial charge in [-0.25, -0.2) is 13.5 Å². The highest BCUT2D eigenvalue weighted by molar-refractivity contribution is 6.00. The number of anilines is 1. The van der Waals surface area contributed by atoms with E-state index in [1.54, 1.807) is 30.5 Å². The second-order valence-electron chi connectivity index (χ2n) is 6.02. The van der Waals surface area contributed by atoms with E-state index in [1.165, 1.54) is 23.0 Å². The number of pyridine rings is 1. The minimum absolute atomic E-state index is 0.291. The minimum atomic E-state index is -0.838. The second kappa shape index (κ2) is 5.77. The lowest BCUT2D eigenvalue weighted by Gasteiger charge is -2.15. The maximum Gasteiger partial charge on any atom is 0.236 e. The fourth-order valence-corrected chi connectivity index (χ4v) is 2.89. The van der Waals surface area contributed by atoms with Crippen molar-refractivity contribution in [1.29, 1.82) is 0 Å². The summed E-state index contributed by atoms with van der Waals surface area (Å²) < 4.78 is 28.7. The highest BCUT2D eigenvalue weighted by Crippen LogP contribution is 2.49. The van der Waals surface area contributed by atoms with Crippen LogP contribution in [0.3, 0.4) is 0 Å². The van der Waals surface area contributed by atoms with Crippen LogP contribution in [0, 0.1) is 11.6 Å². The first-order chi connectivity index (χ1) is 12.1. The molecule has 0 spiro atoms. The normalized spacial score (nSPS) is 15.0. The van der Waals surface area contributed by atoms with Crippen LogP contribution in [0.25, 0.3) is 5.69 Å². The summed E-state index contributed by atoms with van der Waals surface area (Å²) in [6.07, 6.45) is 5.33. The Morgan fingerprint density at radius 1 is 1.16 bits per heavy atom. The van der Waals surface area contributed by atoms with Crippen molar-refractivity contribution in [2.75, 3.05) is 5.32 Å². The van der Waals surface area contributed by atoms with Crippen molar-refractivity contribution in [3.8, 4) is 5.69 Å². The summed E-state index contributed by atoms with van der Waals surface area (Å²) in [7, 11) is 0. The minimum Gasteiger partial charge on any atom is -0.308 e. The molecule has 0 atom stereocenters. The molecule has 1 N–H and O–H groups in total. The number of rotatable bonds is 4. The number of nitrogens with zero attached hydrogens (tertiary/aromatic N) is 3. The number of amides is 1. The van der Waals surface area contributed by atoms with Gasteiger partial charge in [0.15, 0.2) is 5.82 Å². The van der Waals surface area contributed by atoms with Crippen molar-refractivity contribution in [2.24, 2.45) is 0 Å². The fraction of sp³-hybridized carbons (Fsp3) is 0.167. The molecular weight excluding hydrogens is 326 g/mol. The van der Waals surface area contributed by atoms with E-state index in [0.717, 1.165) is 6.20 Å². The molecule has 25 heavy (non-hydrogen) atoms. The Labute approximate surface area is 142 Å². The molecule has 1 aliphatic rings. The van der Waals surface area contributed by atoms with Crippen LogP contribution in [-0.4, -0.2) is 20.7 Å². The van der Waals surface area contributed by atoms with Crippen LogP contribution in [0.1, 0.15) is 18.4 Å². The van der Waals surface area contributed by atoms with Crippen LogP contribution in [0.4, 0.5) is 14.6 Å². The van der Waals surface area contributed by atoms with Crippen molar-refractivity contribution >= 4 is 11.7 Å². The molecule has 1 amide bonds. The Hall–Kier alpha value is -3.09. The lowest BCUT2D eigenvalue weighted by Crippen LogP contribution is -2.29. The van der Waals surface area contributed by atoms with Crippen molar-refractivity contribution in [3.05, 3.63) is 72.2 Å². The van der Waals surface area contributed by atoms with Gasteiger partial charge in [-0.1, -0.05) is 18.2 Å². The molecule has 0 bridgehead atoms. The van der Waals surface area contributed by atoms with Gasteiger partial charge < -0.3 is 5.32 Å². The van der Waals surface area contributed by atoms with Crippen molar-refractivity contribution in [1.82, 2.24) is 14.8 Å². The molecule has 4 rings (SSSR count). The predicted molar refractivity (Wildman–Crippen MR) is 87.3 cm³/mol. The predicted octanol–water partition coefficient (Wildman–Crippen LogP) is 3.22. The Balaban J connectivity index is 1.55. The van der Waals surface area contributed by atoms with Gasteiger partial charge in [0.05, 0.1) is 23.5 Å². The number of carbonyl (C=O) groups is 1. The first-order valence-corrected chi connectivity index (χ1v) is 7.82. The molecule has 0 unspecified atom stereocenters. The third kappa shape index (κ3) is 2.77. The van der Waals surface area contributed by atoms with E-state index in [9.17, 15) is 13.6 Å². The molecule has 0 saturated heterocycles. The third-order valence-electron chi connectivity index (χ3n) is 4.36. The summed E-state index contributed by atoms with van der Waals surface area (Å²) >= 11 is 0. The summed E-state index contributed by atoms with van der Waals surface area (Å²) in [4.78, 5) is 16.4. The zero-order valence-electron chi connectivity index (χ0n) is 13.1. The molecular formula is C18H14F2N4O. The number of halogens is 2. The van der Waals surface area contributed by atoms with Crippen molar-refractivity contribution in [2.45, 2.75) is 18.3 Å². The number of hydrogen-bond acceptors (Lipinski definition) is 3. The fourth-order valence-electron chi connectivity index (χ4n) is 2.89. The van der Waals surface area contributed by atoms with E-state index >= 15 is 0 Å². The standard InChI is InChI=1S/C18H14F2N4O/c19-12-9-13(11-21-10-12)24-8-5-16(23-24)22-17(25)18(6-7-18)14-3-1-2-4-15(14)20/h1-5,8-11H,6-7H2,(H,22,23,25). The molecule has 2 aromatic heterocycles. The van der Waals surface area contributed by atoms with Crippen molar-refractivity contribution < 1.29 is 13.6 Å². The number of hydrogen-bond donors (Lipinski definition) is 1. The molecule has 0 aliphatic heterocycles. The van der Waals surface area contributed by atoms with Crippen LogP contribution in [0.5, 0.6) is 0 Å². The lowest BCUT2D eigenvalue weighted by atomic mass is 9.94. The largest absolute Gasteiger partial charge is 0.308 e. The molecule has 1 aromatic carbocycles. The average Bonchev–Trinajstić information content (AvgIpc) is 3.28. The summed E-state index contributed by atoms with van der Waals surface area (Å²) in [6.45, 7) is 0. The maximum absolute atomic E-state index is 14.0. The first kappa shape index (κ1) is 15.4. The summed E-state index contributed by atoms with van der Waals surface area (Å²) in [5.74, 6) is -0.835. The highest BCUT2D eigenvalue weighted by Gasteiger charge is 2.52. The molecule has 0 radical (unpaired) electrons. The SMILES string of the molecule is O=C(Nc1ccn(-c2cncc(F)c2)n1)C1(c2ccccc2F)CC1. The van der Waals surface area contributed by atoms with Crippen LogP contribution in [0.15, 0.2) is 55.0 Å². The molecule has 1 saturated carbocycles. The zero-order valence-corrected chi connectivity index (χ0v) is 13.1. The Morgan fingerprint density at radius 2 is 1.96 bits per heavy atom. The van der Waals surface area contributed by atoms with Gasteiger partial charge in [-0.05, 0) is 18.9 Å². The maximum atomic E-state index is 14.0. The third-order valence-corrected chi connectivity index (χ3v) is 4.36. The summed E-state index contributed by atoms with van der Waals surface area (Å²) in [6, 6.07) is 9.19. The Morgan fingerprint density at radius 3 is 2.68 bits per heavy atom. The zero-order chi connectivity index (χ0) is 17.4. The monoisotopic (exact) mass is 340 g/mol. The quantitative estimate of drug-likeness (QED) is 0.793. The van der Waals surface area contributed by atoms with E-state index < -0.39 is 11.2 Å².